The zero-order chi connectivity index (χ0) is 22.1. The third-order valence-electron chi connectivity index (χ3n) is 5.45. The van der Waals surface area contributed by atoms with E-state index in [1.807, 2.05) is 26.8 Å². The van der Waals surface area contributed by atoms with E-state index in [0.717, 1.165) is 32.1 Å². The van der Waals surface area contributed by atoms with Crippen LogP contribution < -0.4 is 0 Å². The summed E-state index contributed by atoms with van der Waals surface area (Å²) in [7, 11) is 0. The third-order valence-corrected chi connectivity index (χ3v) is 5.45. The van der Waals surface area contributed by atoms with Crippen LogP contribution in [0.5, 0.6) is 0 Å². The van der Waals surface area contributed by atoms with Crippen molar-refractivity contribution < 1.29 is 19.0 Å². The van der Waals surface area contributed by atoms with Crippen molar-refractivity contribution >= 4 is 5.97 Å². The van der Waals surface area contributed by atoms with Crippen LogP contribution in [0.15, 0.2) is 24.3 Å². The minimum atomic E-state index is -0.461. The minimum Gasteiger partial charge on any atom is -0.463 e. The van der Waals surface area contributed by atoms with Gasteiger partial charge in [0.05, 0.1) is 18.8 Å². The lowest BCUT2D eigenvalue weighted by molar-refractivity contribution is -0.147. The molecule has 174 valence electrons. The Balaban J connectivity index is 2.18. The van der Waals surface area contributed by atoms with Crippen LogP contribution in [-0.2, 0) is 19.0 Å². The van der Waals surface area contributed by atoms with Crippen molar-refractivity contribution in [1.82, 2.24) is 0 Å². The number of rotatable bonds is 17. The lowest BCUT2D eigenvalue weighted by Gasteiger charge is -2.16. The number of hydrogen-bond donors (Lipinski definition) is 0. The second kappa shape index (κ2) is 16.5. The molecule has 0 saturated carbocycles. The predicted molar refractivity (Wildman–Crippen MR) is 124 cm³/mol. The zero-order valence-electron chi connectivity index (χ0n) is 20.0. The summed E-state index contributed by atoms with van der Waals surface area (Å²) in [6.45, 7) is 8.56. The molecule has 30 heavy (non-hydrogen) atoms. The topological polar surface area (TPSA) is 44.8 Å². The normalized spacial score (nSPS) is 21.1. The highest BCUT2D eigenvalue weighted by atomic mass is 16.7. The Bertz CT molecular complexity index is 495. The second-order valence-corrected chi connectivity index (χ2v) is 8.76. The summed E-state index contributed by atoms with van der Waals surface area (Å²) in [5.74, 6) is -0.720. The first kappa shape index (κ1) is 26.9. The second-order valence-electron chi connectivity index (χ2n) is 8.76. The molecule has 4 heteroatoms. The molecule has 0 unspecified atom stereocenters. The maximum Gasteiger partial charge on any atom is 0.330 e. The Morgan fingerprint density at radius 1 is 0.800 bits per heavy atom. The SMILES string of the molecule is CCCCCCCCCC[C@@H]1OC(C)(C)O[C@@H]1CC/C=C/CC/C=C/C(=O)OCC. The van der Waals surface area contributed by atoms with Gasteiger partial charge in [0.15, 0.2) is 5.79 Å². The fourth-order valence-corrected chi connectivity index (χ4v) is 3.94. The van der Waals surface area contributed by atoms with Crippen LogP contribution >= 0.6 is 0 Å². The van der Waals surface area contributed by atoms with E-state index in [0.29, 0.717) is 6.61 Å². The molecule has 0 bridgehead atoms. The van der Waals surface area contributed by atoms with Gasteiger partial charge < -0.3 is 14.2 Å². The van der Waals surface area contributed by atoms with Gasteiger partial charge in [-0.3, -0.25) is 0 Å². The van der Waals surface area contributed by atoms with E-state index in [1.165, 1.54) is 57.4 Å². The van der Waals surface area contributed by atoms with E-state index in [1.54, 1.807) is 0 Å². The molecule has 0 spiro atoms. The Labute approximate surface area is 185 Å². The lowest BCUT2D eigenvalue weighted by atomic mass is 10.0. The van der Waals surface area contributed by atoms with Crippen molar-refractivity contribution in [2.45, 2.75) is 129 Å². The largest absolute Gasteiger partial charge is 0.463 e. The summed E-state index contributed by atoms with van der Waals surface area (Å²) in [4.78, 5) is 11.2. The molecule has 2 atom stereocenters. The average molecular weight is 423 g/mol. The average Bonchev–Trinajstić information content (AvgIpc) is 2.99. The van der Waals surface area contributed by atoms with Crippen LogP contribution in [0.2, 0.25) is 0 Å². The molecule has 1 heterocycles. The summed E-state index contributed by atoms with van der Waals surface area (Å²) in [6.07, 6.45) is 23.8. The van der Waals surface area contributed by atoms with Crippen molar-refractivity contribution in [2.24, 2.45) is 0 Å². The molecular weight excluding hydrogens is 376 g/mol. The third kappa shape index (κ3) is 13.2. The number of ether oxygens (including phenoxy) is 3. The number of esters is 1. The van der Waals surface area contributed by atoms with E-state index in [9.17, 15) is 4.79 Å². The molecule has 0 aromatic carbocycles. The van der Waals surface area contributed by atoms with Gasteiger partial charge >= 0.3 is 5.97 Å². The van der Waals surface area contributed by atoms with E-state index in [2.05, 4.69) is 19.1 Å². The minimum absolute atomic E-state index is 0.193. The van der Waals surface area contributed by atoms with Crippen LogP contribution in [0, 0.1) is 0 Å². The number of hydrogen-bond acceptors (Lipinski definition) is 4. The van der Waals surface area contributed by atoms with Crippen LogP contribution in [0.25, 0.3) is 0 Å². The van der Waals surface area contributed by atoms with E-state index >= 15 is 0 Å². The molecule has 4 nitrogen and oxygen atoms in total. The number of carbonyl (C=O) groups is 1. The number of unbranched alkanes of at least 4 members (excludes halogenated alkanes) is 8. The highest BCUT2D eigenvalue weighted by molar-refractivity contribution is 5.81. The molecule has 0 N–H and O–H groups in total. The van der Waals surface area contributed by atoms with Gasteiger partial charge in [-0.2, -0.15) is 0 Å². The summed E-state index contributed by atoms with van der Waals surface area (Å²) < 4.78 is 17.2. The number of allylic oxidation sites excluding steroid dienone is 3. The van der Waals surface area contributed by atoms with Gasteiger partial charge in [0.2, 0.25) is 0 Å². The maximum atomic E-state index is 11.2. The van der Waals surface area contributed by atoms with Crippen molar-refractivity contribution in [3.63, 3.8) is 0 Å². The standard InChI is InChI=1S/C26H46O4/c1-5-7-8-9-10-11-14-17-20-23-24(30-26(3,4)29-23)21-18-15-12-13-16-19-22-25(27)28-6-2/h12,15,19,22-24H,5-11,13-14,16-18,20-21H2,1-4H3/b15-12+,22-19+/t23-,24+/m0/s1. The quantitative estimate of drug-likeness (QED) is 0.107. The Morgan fingerprint density at radius 2 is 1.37 bits per heavy atom. The van der Waals surface area contributed by atoms with Gasteiger partial charge in [0.25, 0.3) is 0 Å². The van der Waals surface area contributed by atoms with Gasteiger partial charge in [-0.15, -0.1) is 0 Å². The van der Waals surface area contributed by atoms with Crippen molar-refractivity contribution in [2.75, 3.05) is 6.61 Å². The van der Waals surface area contributed by atoms with E-state index in [-0.39, 0.29) is 18.2 Å². The van der Waals surface area contributed by atoms with E-state index < -0.39 is 5.79 Å². The molecule has 0 aromatic rings. The molecule has 0 amide bonds. The molecule has 1 rings (SSSR count). The van der Waals surface area contributed by atoms with Crippen LogP contribution in [0.4, 0.5) is 0 Å². The van der Waals surface area contributed by atoms with Gasteiger partial charge in [-0.05, 0) is 52.9 Å². The first-order valence-corrected chi connectivity index (χ1v) is 12.3. The Kier molecular flexibility index (Phi) is 14.8. The molecule has 1 aliphatic rings. The van der Waals surface area contributed by atoms with Gasteiger partial charge in [-0.1, -0.05) is 76.5 Å². The molecule has 0 aromatic heterocycles. The van der Waals surface area contributed by atoms with Gasteiger partial charge in [0.1, 0.15) is 0 Å². The van der Waals surface area contributed by atoms with E-state index in [4.69, 9.17) is 14.2 Å². The van der Waals surface area contributed by atoms with Crippen LogP contribution in [0.1, 0.15) is 111 Å². The highest BCUT2D eigenvalue weighted by Gasteiger charge is 2.40. The monoisotopic (exact) mass is 422 g/mol. The first-order valence-electron chi connectivity index (χ1n) is 12.3. The molecule has 1 saturated heterocycles. The zero-order valence-corrected chi connectivity index (χ0v) is 20.0. The summed E-state index contributed by atoms with van der Waals surface area (Å²) in [5, 5.41) is 0. The summed E-state index contributed by atoms with van der Waals surface area (Å²) >= 11 is 0. The van der Waals surface area contributed by atoms with Crippen molar-refractivity contribution in [3.8, 4) is 0 Å². The fraction of sp³-hybridized carbons (Fsp3) is 0.808. The molecule has 1 aliphatic heterocycles. The van der Waals surface area contributed by atoms with Gasteiger partial charge in [-0.25, -0.2) is 4.79 Å². The van der Waals surface area contributed by atoms with Crippen LogP contribution in [0.3, 0.4) is 0 Å². The summed E-state index contributed by atoms with van der Waals surface area (Å²) in [5.41, 5.74) is 0. The van der Waals surface area contributed by atoms with Crippen molar-refractivity contribution in [3.05, 3.63) is 24.3 Å². The van der Waals surface area contributed by atoms with Crippen LogP contribution in [-0.4, -0.2) is 30.6 Å². The maximum absolute atomic E-state index is 11.2. The Hall–Kier alpha value is -1.13. The van der Waals surface area contributed by atoms with Gasteiger partial charge in [0, 0.05) is 6.08 Å². The summed E-state index contributed by atoms with van der Waals surface area (Å²) in [6, 6.07) is 0. The molecular formula is C26H46O4. The number of carbonyl (C=O) groups excluding carboxylic acids is 1. The first-order chi connectivity index (χ1) is 14.5. The fourth-order valence-electron chi connectivity index (χ4n) is 3.94. The lowest BCUT2D eigenvalue weighted by Crippen LogP contribution is -2.22. The molecule has 1 fully saturated rings. The highest BCUT2D eigenvalue weighted by Crippen LogP contribution is 2.33. The predicted octanol–water partition coefficient (Wildman–Crippen LogP) is 7.27. The smallest absolute Gasteiger partial charge is 0.330 e. The Morgan fingerprint density at radius 3 is 2.03 bits per heavy atom. The molecule has 0 aliphatic carbocycles. The van der Waals surface area contributed by atoms with Crippen molar-refractivity contribution in [1.29, 1.82) is 0 Å². The molecule has 0 radical (unpaired) electrons.